The molecule has 0 atom stereocenters. The number of benzene rings is 3. The minimum atomic E-state index is -1.23. The fourth-order valence-corrected chi connectivity index (χ4v) is 4.97. The number of rotatable bonds is 9. The zero-order valence-electron chi connectivity index (χ0n) is 19.0. The Labute approximate surface area is 204 Å². The number of anilines is 3. The number of fused-ring (bicyclic) bond motifs is 2. The summed E-state index contributed by atoms with van der Waals surface area (Å²) in [6.07, 6.45) is 6.10. The van der Waals surface area contributed by atoms with Gasteiger partial charge >= 0.3 is 5.97 Å². The molecule has 172 valence electrons. The zero-order valence-corrected chi connectivity index (χ0v) is 19.8. The standard InChI is InChI=1S/C28H26N2O3S/c1-2-3-4-7-16-33-23-13-11-22(12-14-23)30-24-8-5-6-9-26(24)34-27-18-20(10-15-25(27)30)17-21(19-29)28(31)32/h5-6,8-15,17-18H,2-4,7,16H2,1H3,(H,31,32)/b21-17-. The molecule has 0 fully saturated rings. The van der Waals surface area contributed by atoms with Crippen molar-refractivity contribution in [2.75, 3.05) is 11.5 Å². The predicted octanol–water partition coefficient (Wildman–Crippen LogP) is 7.57. The molecule has 1 aliphatic rings. The SMILES string of the molecule is CCCCCCOc1ccc(N2c3ccccc3Sc3cc(/C=C(/C#N)C(=O)O)ccc32)cc1. The van der Waals surface area contributed by atoms with Gasteiger partial charge in [0.05, 0.1) is 18.0 Å². The van der Waals surface area contributed by atoms with Gasteiger partial charge < -0.3 is 14.7 Å². The summed E-state index contributed by atoms with van der Waals surface area (Å²) in [5, 5.41) is 18.3. The highest BCUT2D eigenvalue weighted by atomic mass is 32.2. The van der Waals surface area contributed by atoms with Crippen LogP contribution in [0.4, 0.5) is 17.1 Å². The Balaban J connectivity index is 1.63. The van der Waals surface area contributed by atoms with E-state index in [-0.39, 0.29) is 5.57 Å². The lowest BCUT2D eigenvalue weighted by Gasteiger charge is -2.33. The van der Waals surface area contributed by atoms with Crippen LogP contribution in [0.15, 0.2) is 82.1 Å². The van der Waals surface area contributed by atoms with Gasteiger partial charge in [-0.1, -0.05) is 56.1 Å². The molecule has 3 aromatic rings. The number of ether oxygens (including phenoxy) is 1. The summed E-state index contributed by atoms with van der Waals surface area (Å²) in [6, 6.07) is 23.8. The smallest absolute Gasteiger partial charge is 0.346 e. The molecule has 0 bridgehead atoms. The number of carbonyl (C=O) groups is 1. The van der Waals surface area contributed by atoms with Crippen molar-refractivity contribution in [1.29, 1.82) is 5.26 Å². The minimum absolute atomic E-state index is 0.289. The van der Waals surface area contributed by atoms with E-state index in [9.17, 15) is 9.90 Å². The first kappa shape index (κ1) is 23.5. The molecular formula is C28H26N2O3S. The molecule has 1 aliphatic heterocycles. The van der Waals surface area contributed by atoms with E-state index in [1.165, 1.54) is 25.3 Å². The number of hydrogen-bond acceptors (Lipinski definition) is 5. The van der Waals surface area contributed by atoms with Gasteiger partial charge in [0.25, 0.3) is 0 Å². The van der Waals surface area contributed by atoms with Crippen LogP contribution in [-0.4, -0.2) is 17.7 Å². The summed E-state index contributed by atoms with van der Waals surface area (Å²) in [6.45, 7) is 2.93. The molecule has 6 heteroatoms. The van der Waals surface area contributed by atoms with Crippen LogP contribution in [0, 0.1) is 11.3 Å². The van der Waals surface area contributed by atoms with Crippen LogP contribution in [0.2, 0.25) is 0 Å². The molecular weight excluding hydrogens is 444 g/mol. The molecule has 4 rings (SSSR count). The van der Waals surface area contributed by atoms with E-state index >= 15 is 0 Å². The van der Waals surface area contributed by atoms with Crippen LogP contribution in [0.1, 0.15) is 38.2 Å². The van der Waals surface area contributed by atoms with Crippen molar-refractivity contribution >= 4 is 40.9 Å². The van der Waals surface area contributed by atoms with Crippen molar-refractivity contribution in [3.05, 3.63) is 77.9 Å². The molecule has 0 amide bonds. The first-order chi connectivity index (χ1) is 16.6. The summed E-state index contributed by atoms with van der Waals surface area (Å²) in [7, 11) is 0. The number of carboxylic acids is 1. The maximum absolute atomic E-state index is 11.2. The van der Waals surface area contributed by atoms with Crippen molar-refractivity contribution in [2.24, 2.45) is 0 Å². The molecule has 0 aromatic heterocycles. The number of hydrogen-bond donors (Lipinski definition) is 1. The molecule has 1 heterocycles. The van der Waals surface area contributed by atoms with Crippen molar-refractivity contribution in [1.82, 2.24) is 0 Å². The number of nitriles is 1. The van der Waals surface area contributed by atoms with E-state index in [0.29, 0.717) is 5.56 Å². The average molecular weight is 471 g/mol. The second-order valence-electron chi connectivity index (χ2n) is 8.01. The number of unbranched alkanes of at least 4 members (excludes halogenated alkanes) is 3. The summed E-state index contributed by atoms with van der Waals surface area (Å²) in [5.41, 5.74) is 3.49. The predicted molar refractivity (Wildman–Crippen MR) is 136 cm³/mol. The van der Waals surface area contributed by atoms with Crippen molar-refractivity contribution < 1.29 is 14.6 Å². The quantitative estimate of drug-likeness (QED) is 0.154. The topological polar surface area (TPSA) is 73.6 Å². The molecule has 1 N–H and O–H groups in total. The van der Waals surface area contributed by atoms with Gasteiger partial charge in [-0.15, -0.1) is 0 Å². The first-order valence-corrected chi connectivity index (χ1v) is 12.2. The Kier molecular flexibility index (Phi) is 7.56. The van der Waals surface area contributed by atoms with Gasteiger partial charge in [-0.25, -0.2) is 4.79 Å². The summed E-state index contributed by atoms with van der Waals surface area (Å²) >= 11 is 1.63. The maximum atomic E-state index is 11.2. The van der Waals surface area contributed by atoms with Gasteiger partial charge in [-0.2, -0.15) is 5.26 Å². The molecule has 0 radical (unpaired) electrons. The molecule has 3 aromatic carbocycles. The van der Waals surface area contributed by atoms with Crippen LogP contribution >= 0.6 is 11.8 Å². The Hall–Kier alpha value is -3.69. The van der Waals surface area contributed by atoms with E-state index < -0.39 is 5.97 Å². The van der Waals surface area contributed by atoms with Crippen molar-refractivity contribution in [2.45, 2.75) is 42.4 Å². The highest BCUT2D eigenvalue weighted by Crippen LogP contribution is 2.51. The minimum Gasteiger partial charge on any atom is -0.494 e. The highest BCUT2D eigenvalue weighted by molar-refractivity contribution is 7.99. The van der Waals surface area contributed by atoms with E-state index in [1.54, 1.807) is 17.8 Å². The van der Waals surface area contributed by atoms with Gasteiger partial charge in [0, 0.05) is 15.5 Å². The molecule has 0 spiro atoms. The van der Waals surface area contributed by atoms with Crippen molar-refractivity contribution in [3.8, 4) is 11.8 Å². The number of nitrogens with zero attached hydrogens (tertiary/aromatic N) is 2. The van der Waals surface area contributed by atoms with Crippen LogP contribution in [0.3, 0.4) is 0 Å². The fourth-order valence-electron chi connectivity index (χ4n) is 3.86. The fraction of sp³-hybridized carbons (Fsp3) is 0.214. The summed E-state index contributed by atoms with van der Waals surface area (Å²) < 4.78 is 5.91. The van der Waals surface area contributed by atoms with Crippen molar-refractivity contribution in [3.63, 3.8) is 0 Å². The number of para-hydroxylation sites is 1. The lowest BCUT2D eigenvalue weighted by Crippen LogP contribution is -2.14. The summed E-state index contributed by atoms with van der Waals surface area (Å²) in [5.74, 6) is -0.370. The van der Waals surface area contributed by atoms with Gasteiger partial charge in [-0.3, -0.25) is 0 Å². The monoisotopic (exact) mass is 470 g/mol. The molecule has 0 saturated heterocycles. The van der Waals surface area contributed by atoms with Crippen LogP contribution < -0.4 is 9.64 Å². The molecule has 34 heavy (non-hydrogen) atoms. The lowest BCUT2D eigenvalue weighted by molar-refractivity contribution is -0.132. The second kappa shape index (κ2) is 11.0. The van der Waals surface area contributed by atoms with E-state index in [2.05, 4.69) is 36.1 Å². The van der Waals surface area contributed by atoms with E-state index in [0.717, 1.165) is 45.6 Å². The highest BCUT2D eigenvalue weighted by Gasteiger charge is 2.25. The largest absolute Gasteiger partial charge is 0.494 e. The van der Waals surface area contributed by atoms with E-state index in [4.69, 9.17) is 10.00 Å². The van der Waals surface area contributed by atoms with E-state index in [1.807, 2.05) is 42.5 Å². The first-order valence-electron chi connectivity index (χ1n) is 11.4. The molecule has 0 unspecified atom stereocenters. The zero-order chi connectivity index (χ0) is 23.9. The van der Waals surface area contributed by atoms with Gasteiger partial charge in [0.1, 0.15) is 17.4 Å². The van der Waals surface area contributed by atoms with Crippen LogP contribution in [0.25, 0.3) is 6.08 Å². The second-order valence-corrected chi connectivity index (χ2v) is 9.09. The normalized spacial score (nSPS) is 12.5. The summed E-state index contributed by atoms with van der Waals surface area (Å²) in [4.78, 5) is 15.5. The molecule has 0 saturated carbocycles. The Morgan fingerprint density at radius 3 is 2.53 bits per heavy atom. The Bertz CT molecular complexity index is 1250. The van der Waals surface area contributed by atoms with Crippen LogP contribution in [0.5, 0.6) is 5.75 Å². The van der Waals surface area contributed by atoms with Gasteiger partial charge in [-0.05, 0) is 66.6 Å². The Morgan fingerprint density at radius 2 is 1.79 bits per heavy atom. The molecule has 0 aliphatic carbocycles. The maximum Gasteiger partial charge on any atom is 0.346 e. The van der Waals surface area contributed by atoms with Crippen LogP contribution in [-0.2, 0) is 4.79 Å². The lowest BCUT2D eigenvalue weighted by atomic mass is 10.1. The average Bonchev–Trinajstić information content (AvgIpc) is 2.86. The third-order valence-electron chi connectivity index (χ3n) is 5.57. The number of aliphatic carboxylic acids is 1. The van der Waals surface area contributed by atoms with Gasteiger partial charge in [0.2, 0.25) is 0 Å². The Morgan fingerprint density at radius 1 is 1.03 bits per heavy atom. The van der Waals surface area contributed by atoms with Gasteiger partial charge in [0.15, 0.2) is 0 Å². The third-order valence-corrected chi connectivity index (χ3v) is 6.69. The third kappa shape index (κ3) is 5.27. The number of carboxylic acid groups (broad SMARTS) is 1. The molecule has 5 nitrogen and oxygen atoms in total.